The first-order chi connectivity index (χ1) is 12.7. The zero-order valence-corrected chi connectivity index (χ0v) is 14.1. The topological polar surface area (TPSA) is 38.3 Å². The van der Waals surface area contributed by atoms with Crippen molar-refractivity contribution in [1.82, 2.24) is 0 Å². The molecule has 0 atom stereocenters. The van der Waals surface area contributed by atoms with Crippen LogP contribution < -0.4 is 10.1 Å². The number of carbonyl (C=O) groups excluding carboxylic acids is 1. The number of ether oxygens (including phenoxy) is 1. The number of benzene rings is 3. The molecule has 0 spiro atoms. The second-order valence-corrected chi connectivity index (χ2v) is 5.68. The monoisotopic (exact) mass is 347 g/mol. The van der Waals surface area contributed by atoms with Crippen molar-refractivity contribution < 1.29 is 13.9 Å². The molecule has 0 heterocycles. The number of anilines is 1. The van der Waals surface area contributed by atoms with E-state index in [-0.39, 0.29) is 11.7 Å². The Bertz CT molecular complexity index is 890. The number of hydrogen-bond acceptors (Lipinski definition) is 2. The second-order valence-electron chi connectivity index (χ2n) is 5.68. The van der Waals surface area contributed by atoms with Crippen LogP contribution in [-0.2, 0) is 11.4 Å². The lowest BCUT2D eigenvalue weighted by Gasteiger charge is -2.07. The van der Waals surface area contributed by atoms with Gasteiger partial charge in [0.15, 0.2) is 0 Å². The van der Waals surface area contributed by atoms with Crippen molar-refractivity contribution in [1.29, 1.82) is 0 Å². The molecule has 130 valence electrons. The SMILES string of the molecule is O=C(/C=C/c1cccc(F)c1)Nc1ccc(OCc2ccccc2)cc1. The molecule has 0 fully saturated rings. The first-order valence-corrected chi connectivity index (χ1v) is 8.20. The molecule has 3 nitrogen and oxygen atoms in total. The van der Waals surface area contributed by atoms with Crippen LogP contribution in [0.15, 0.2) is 84.9 Å². The number of carbonyl (C=O) groups is 1. The summed E-state index contributed by atoms with van der Waals surface area (Å²) in [5.74, 6) is 0.105. The Balaban J connectivity index is 1.52. The van der Waals surface area contributed by atoms with Crippen LogP contribution in [0.1, 0.15) is 11.1 Å². The summed E-state index contributed by atoms with van der Waals surface area (Å²) in [6, 6.07) is 23.1. The van der Waals surface area contributed by atoms with Gasteiger partial charge in [0.05, 0.1) is 0 Å². The summed E-state index contributed by atoms with van der Waals surface area (Å²) < 4.78 is 18.8. The molecular formula is C22H18FNO2. The lowest BCUT2D eigenvalue weighted by molar-refractivity contribution is -0.111. The molecule has 3 aromatic rings. The maximum Gasteiger partial charge on any atom is 0.248 e. The number of nitrogens with one attached hydrogen (secondary N) is 1. The summed E-state index contributed by atoms with van der Waals surface area (Å²) in [6.07, 6.45) is 2.93. The van der Waals surface area contributed by atoms with Crippen molar-refractivity contribution in [2.24, 2.45) is 0 Å². The van der Waals surface area contributed by atoms with E-state index < -0.39 is 0 Å². The molecule has 0 radical (unpaired) electrons. The van der Waals surface area contributed by atoms with E-state index in [9.17, 15) is 9.18 Å². The first kappa shape index (κ1) is 17.4. The molecule has 0 aliphatic carbocycles. The summed E-state index contributed by atoms with van der Waals surface area (Å²) in [5.41, 5.74) is 2.38. The Morgan fingerprint density at radius 1 is 0.962 bits per heavy atom. The first-order valence-electron chi connectivity index (χ1n) is 8.20. The summed E-state index contributed by atoms with van der Waals surface area (Å²) in [5, 5.41) is 2.75. The second kappa shape index (κ2) is 8.62. The molecule has 0 saturated heterocycles. The molecule has 3 rings (SSSR count). The molecule has 4 heteroatoms. The molecule has 0 bridgehead atoms. The van der Waals surface area contributed by atoms with Gasteiger partial charge in [-0.15, -0.1) is 0 Å². The van der Waals surface area contributed by atoms with Crippen LogP contribution in [0, 0.1) is 5.82 Å². The van der Waals surface area contributed by atoms with Gasteiger partial charge in [-0.2, -0.15) is 0 Å². The Morgan fingerprint density at radius 2 is 1.73 bits per heavy atom. The van der Waals surface area contributed by atoms with Crippen molar-refractivity contribution in [3.8, 4) is 5.75 Å². The minimum Gasteiger partial charge on any atom is -0.489 e. The summed E-state index contributed by atoms with van der Waals surface area (Å²) >= 11 is 0. The number of amides is 1. The Kier molecular flexibility index (Phi) is 5.78. The molecule has 0 aliphatic heterocycles. The molecule has 0 aromatic heterocycles. The highest BCUT2D eigenvalue weighted by Gasteiger charge is 2.00. The van der Waals surface area contributed by atoms with Gasteiger partial charge in [-0.05, 0) is 53.6 Å². The minimum atomic E-state index is -0.335. The van der Waals surface area contributed by atoms with Gasteiger partial charge < -0.3 is 10.1 Å². The highest BCUT2D eigenvalue weighted by molar-refractivity contribution is 6.01. The molecule has 1 N–H and O–H groups in total. The van der Waals surface area contributed by atoms with Crippen molar-refractivity contribution >= 4 is 17.7 Å². The van der Waals surface area contributed by atoms with Crippen LogP contribution in [-0.4, -0.2) is 5.91 Å². The predicted molar refractivity (Wildman–Crippen MR) is 101 cm³/mol. The molecule has 0 aliphatic rings. The number of halogens is 1. The van der Waals surface area contributed by atoms with E-state index in [2.05, 4.69) is 5.32 Å². The smallest absolute Gasteiger partial charge is 0.248 e. The van der Waals surface area contributed by atoms with E-state index >= 15 is 0 Å². The van der Waals surface area contributed by atoms with Gasteiger partial charge >= 0.3 is 0 Å². The van der Waals surface area contributed by atoms with Gasteiger partial charge in [-0.3, -0.25) is 4.79 Å². The fraction of sp³-hybridized carbons (Fsp3) is 0.0455. The molecule has 0 saturated carbocycles. The third-order valence-corrected chi connectivity index (χ3v) is 3.65. The van der Waals surface area contributed by atoms with Crippen molar-refractivity contribution in [3.63, 3.8) is 0 Å². The average Bonchev–Trinajstić information content (AvgIpc) is 2.67. The van der Waals surface area contributed by atoms with Crippen LogP contribution >= 0.6 is 0 Å². The quantitative estimate of drug-likeness (QED) is 0.633. The predicted octanol–water partition coefficient (Wildman–Crippen LogP) is 5.06. The molecule has 1 amide bonds. The number of hydrogen-bond donors (Lipinski definition) is 1. The third kappa shape index (κ3) is 5.31. The van der Waals surface area contributed by atoms with E-state index in [1.165, 1.54) is 18.2 Å². The Hall–Kier alpha value is -3.40. The summed E-state index contributed by atoms with van der Waals surface area (Å²) in [7, 11) is 0. The summed E-state index contributed by atoms with van der Waals surface area (Å²) in [6.45, 7) is 0.489. The van der Waals surface area contributed by atoms with E-state index in [1.54, 1.807) is 42.5 Å². The van der Waals surface area contributed by atoms with Crippen LogP contribution in [0.2, 0.25) is 0 Å². The zero-order chi connectivity index (χ0) is 18.2. The van der Waals surface area contributed by atoms with Gasteiger partial charge in [0.1, 0.15) is 18.2 Å². The van der Waals surface area contributed by atoms with E-state index in [4.69, 9.17) is 4.74 Å². The van der Waals surface area contributed by atoms with Gasteiger partial charge in [0, 0.05) is 11.8 Å². The largest absolute Gasteiger partial charge is 0.489 e. The van der Waals surface area contributed by atoms with E-state index in [1.807, 2.05) is 30.3 Å². The molecule has 3 aromatic carbocycles. The average molecular weight is 347 g/mol. The Morgan fingerprint density at radius 3 is 2.46 bits per heavy atom. The molecular weight excluding hydrogens is 329 g/mol. The van der Waals surface area contributed by atoms with Crippen molar-refractivity contribution in [2.75, 3.05) is 5.32 Å². The van der Waals surface area contributed by atoms with Crippen molar-refractivity contribution in [2.45, 2.75) is 6.61 Å². The van der Waals surface area contributed by atoms with Crippen molar-refractivity contribution in [3.05, 3.63) is 102 Å². The standard InChI is InChI=1S/C22H18FNO2/c23-19-8-4-7-17(15-19)9-14-22(25)24-20-10-12-21(13-11-20)26-16-18-5-2-1-3-6-18/h1-15H,16H2,(H,24,25)/b14-9+. The third-order valence-electron chi connectivity index (χ3n) is 3.65. The van der Waals surface area contributed by atoms with E-state index in [0.29, 0.717) is 17.9 Å². The van der Waals surface area contributed by atoms with Gasteiger partial charge in [-0.1, -0.05) is 42.5 Å². The molecule has 26 heavy (non-hydrogen) atoms. The van der Waals surface area contributed by atoms with Crippen LogP contribution in [0.4, 0.5) is 10.1 Å². The number of rotatable bonds is 6. The minimum absolute atomic E-state index is 0.285. The zero-order valence-electron chi connectivity index (χ0n) is 14.1. The summed E-state index contributed by atoms with van der Waals surface area (Å²) in [4.78, 5) is 11.9. The maximum absolute atomic E-state index is 13.1. The fourth-order valence-electron chi connectivity index (χ4n) is 2.34. The lowest BCUT2D eigenvalue weighted by Crippen LogP contribution is -2.07. The normalized spacial score (nSPS) is 10.7. The highest BCUT2D eigenvalue weighted by Crippen LogP contribution is 2.17. The highest BCUT2D eigenvalue weighted by atomic mass is 19.1. The fourth-order valence-corrected chi connectivity index (χ4v) is 2.34. The van der Waals surface area contributed by atoms with Gasteiger partial charge in [-0.25, -0.2) is 4.39 Å². The van der Waals surface area contributed by atoms with Gasteiger partial charge in [0.2, 0.25) is 5.91 Å². The maximum atomic E-state index is 13.1. The molecule has 0 unspecified atom stereocenters. The lowest BCUT2D eigenvalue weighted by atomic mass is 10.2. The van der Waals surface area contributed by atoms with Gasteiger partial charge in [0.25, 0.3) is 0 Å². The van der Waals surface area contributed by atoms with Crippen LogP contribution in [0.3, 0.4) is 0 Å². The Labute approximate surface area is 151 Å². The van der Waals surface area contributed by atoms with Crippen LogP contribution in [0.5, 0.6) is 5.75 Å². The van der Waals surface area contributed by atoms with Crippen LogP contribution in [0.25, 0.3) is 6.08 Å². The van der Waals surface area contributed by atoms with E-state index in [0.717, 1.165) is 11.3 Å².